The number of primary amides is 1. The van der Waals surface area contributed by atoms with E-state index in [4.69, 9.17) is 38.4 Å². The highest BCUT2D eigenvalue weighted by molar-refractivity contribution is 6.31. The molecule has 2 heterocycles. The fourth-order valence-corrected chi connectivity index (χ4v) is 5.88. The molecule has 2 aromatic carbocycles. The molecule has 2 fully saturated rings. The largest absolute Gasteiger partial charge is 0.462 e. The lowest BCUT2D eigenvalue weighted by atomic mass is 9.62. The molecule has 0 bridgehead atoms. The molecule has 2 saturated heterocycles. The standard InChI is InChI=1S/C27H27Cl2F2N3O5/c1-26(12-38-13-26)9-20-27(11-32,17-6-5-14(28)7-19(17)30)22(16-3-2-4-18(29)23(16)31)24(34-20)25(37)39-10-15(35)8-21(33)36/h2-7,15,20,22,24,34-35H,8-10,12-13H2,1H3,(H2,33,36)/t15-,20-,22-,24+,27-/m0/s1. The van der Waals surface area contributed by atoms with Gasteiger partial charge in [0.25, 0.3) is 0 Å². The highest BCUT2D eigenvalue weighted by Gasteiger charge is 2.62. The lowest BCUT2D eigenvalue weighted by Crippen LogP contribution is -2.50. The number of amides is 1. The number of aliphatic hydroxyl groups is 1. The molecule has 0 saturated carbocycles. The van der Waals surface area contributed by atoms with Gasteiger partial charge in [0, 0.05) is 28.0 Å². The summed E-state index contributed by atoms with van der Waals surface area (Å²) >= 11 is 12.1. The number of hydrogen-bond acceptors (Lipinski definition) is 7. The summed E-state index contributed by atoms with van der Waals surface area (Å²) in [5.74, 6) is -4.72. The summed E-state index contributed by atoms with van der Waals surface area (Å²) in [7, 11) is 0. The van der Waals surface area contributed by atoms with Crippen LogP contribution in [0.4, 0.5) is 8.78 Å². The quantitative estimate of drug-likeness (QED) is 0.386. The molecule has 0 aromatic heterocycles. The normalized spacial score (nSPS) is 26.3. The second-order valence-electron chi connectivity index (χ2n) is 10.4. The summed E-state index contributed by atoms with van der Waals surface area (Å²) in [4.78, 5) is 24.6. The van der Waals surface area contributed by atoms with E-state index in [9.17, 15) is 20.0 Å². The maximum Gasteiger partial charge on any atom is 0.323 e. The summed E-state index contributed by atoms with van der Waals surface area (Å²) in [5.41, 5.74) is 2.69. The van der Waals surface area contributed by atoms with Gasteiger partial charge < -0.3 is 20.3 Å². The summed E-state index contributed by atoms with van der Waals surface area (Å²) in [5, 5.41) is 23.8. The third-order valence-corrected chi connectivity index (χ3v) is 7.87. The van der Waals surface area contributed by atoms with Crippen molar-refractivity contribution in [2.24, 2.45) is 11.1 Å². The Kier molecular flexibility index (Phi) is 8.50. The fourth-order valence-electron chi connectivity index (χ4n) is 5.54. The van der Waals surface area contributed by atoms with E-state index in [0.717, 1.165) is 6.07 Å². The molecule has 0 spiro atoms. The number of nitrogens with zero attached hydrogens (tertiary/aromatic N) is 1. The third-order valence-electron chi connectivity index (χ3n) is 7.34. The number of nitrogens with two attached hydrogens (primary N) is 1. The number of rotatable bonds is 9. The van der Waals surface area contributed by atoms with Gasteiger partial charge in [-0.05, 0) is 30.2 Å². The number of benzene rings is 2. The molecule has 8 nitrogen and oxygen atoms in total. The van der Waals surface area contributed by atoms with E-state index in [0.29, 0.717) is 13.2 Å². The van der Waals surface area contributed by atoms with Crippen molar-refractivity contribution < 1.29 is 33.0 Å². The molecular formula is C27H27Cl2F2N3O5. The van der Waals surface area contributed by atoms with Gasteiger partial charge >= 0.3 is 5.97 Å². The Hall–Kier alpha value is -2.81. The van der Waals surface area contributed by atoms with E-state index in [-0.39, 0.29) is 27.6 Å². The van der Waals surface area contributed by atoms with Crippen LogP contribution in [0.3, 0.4) is 0 Å². The van der Waals surface area contributed by atoms with Gasteiger partial charge in [0.15, 0.2) is 0 Å². The van der Waals surface area contributed by atoms with Crippen LogP contribution in [-0.2, 0) is 24.5 Å². The van der Waals surface area contributed by atoms with Gasteiger partial charge in [0.1, 0.15) is 29.7 Å². The number of aliphatic hydroxyl groups excluding tert-OH is 1. The molecule has 0 aliphatic carbocycles. The maximum absolute atomic E-state index is 15.6. The number of hydrogen-bond donors (Lipinski definition) is 3. The van der Waals surface area contributed by atoms with Crippen LogP contribution < -0.4 is 11.1 Å². The molecule has 12 heteroatoms. The first kappa shape index (κ1) is 29.2. The molecule has 5 atom stereocenters. The Morgan fingerprint density at radius 2 is 2.03 bits per heavy atom. The maximum atomic E-state index is 15.6. The number of carbonyl (C=O) groups excluding carboxylic acids is 2. The van der Waals surface area contributed by atoms with Crippen molar-refractivity contribution in [2.45, 2.75) is 49.3 Å². The van der Waals surface area contributed by atoms with Gasteiger partial charge in [-0.2, -0.15) is 5.26 Å². The molecule has 208 valence electrons. The molecule has 1 amide bonds. The van der Waals surface area contributed by atoms with Crippen LogP contribution in [-0.4, -0.2) is 55.0 Å². The number of ether oxygens (including phenoxy) is 2. The average molecular weight is 582 g/mol. The van der Waals surface area contributed by atoms with Gasteiger partial charge in [-0.15, -0.1) is 0 Å². The van der Waals surface area contributed by atoms with Crippen molar-refractivity contribution in [1.29, 1.82) is 5.26 Å². The molecule has 2 aliphatic heterocycles. The van der Waals surface area contributed by atoms with Crippen LogP contribution in [0.2, 0.25) is 10.0 Å². The van der Waals surface area contributed by atoms with Crippen molar-refractivity contribution in [1.82, 2.24) is 5.32 Å². The lowest BCUT2D eigenvalue weighted by molar-refractivity contribution is -0.150. The zero-order valence-electron chi connectivity index (χ0n) is 20.9. The van der Waals surface area contributed by atoms with E-state index in [1.807, 2.05) is 6.92 Å². The first-order valence-corrected chi connectivity index (χ1v) is 12.9. The zero-order chi connectivity index (χ0) is 28.5. The van der Waals surface area contributed by atoms with E-state index < -0.39 is 71.5 Å². The number of nitriles is 1. The summed E-state index contributed by atoms with van der Waals surface area (Å²) in [6, 6.07) is 7.99. The average Bonchev–Trinajstić information content (AvgIpc) is 3.17. The van der Waals surface area contributed by atoms with Gasteiger partial charge in [0.05, 0.1) is 36.8 Å². The fraction of sp³-hybridized carbons (Fsp3) is 0.444. The molecule has 4 N–H and O–H groups in total. The van der Waals surface area contributed by atoms with Crippen molar-refractivity contribution >= 4 is 35.1 Å². The molecule has 2 aliphatic rings. The number of halogens is 4. The first-order chi connectivity index (χ1) is 18.4. The van der Waals surface area contributed by atoms with E-state index in [2.05, 4.69) is 11.4 Å². The van der Waals surface area contributed by atoms with Crippen molar-refractivity contribution in [3.8, 4) is 6.07 Å². The Bertz CT molecular complexity index is 1320. The number of esters is 1. The third kappa shape index (κ3) is 5.60. The van der Waals surface area contributed by atoms with Crippen LogP contribution in [0.5, 0.6) is 0 Å². The minimum atomic E-state index is -1.83. The summed E-state index contributed by atoms with van der Waals surface area (Å²) < 4.78 is 41.9. The first-order valence-electron chi connectivity index (χ1n) is 12.2. The molecule has 0 radical (unpaired) electrons. The zero-order valence-corrected chi connectivity index (χ0v) is 22.4. The molecule has 4 rings (SSSR count). The van der Waals surface area contributed by atoms with Crippen molar-refractivity contribution in [2.75, 3.05) is 19.8 Å². The van der Waals surface area contributed by atoms with Crippen molar-refractivity contribution in [3.63, 3.8) is 0 Å². The monoisotopic (exact) mass is 581 g/mol. The van der Waals surface area contributed by atoms with Crippen LogP contribution in [0.25, 0.3) is 0 Å². The molecule has 39 heavy (non-hydrogen) atoms. The van der Waals surface area contributed by atoms with Gasteiger partial charge in [-0.1, -0.05) is 48.3 Å². The van der Waals surface area contributed by atoms with Crippen LogP contribution in [0.15, 0.2) is 36.4 Å². The smallest absolute Gasteiger partial charge is 0.323 e. The van der Waals surface area contributed by atoms with E-state index in [1.54, 1.807) is 0 Å². The predicted octanol–water partition coefficient (Wildman–Crippen LogP) is 3.36. The van der Waals surface area contributed by atoms with Crippen molar-refractivity contribution in [3.05, 3.63) is 69.2 Å². The van der Waals surface area contributed by atoms with Crippen LogP contribution >= 0.6 is 23.2 Å². The second kappa shape index (κ2) is 11.4. The molecule has 0 unspecified atom stereocenters. The summed E-state index contributed by atoms with van der Waals surface area (Å²) in [6.07, 6.45) is -1.54. The Morgan fingerprint density at radius 3 is 2.62 bits per heavy atom. The molecular weight excluding hydrogens is 555 g/mol. The van der Waals surface area contributed by atoms with Crippen LogP contribution in [0.1, 0.15) is 36.8 Å². The highest BCUT2D eigenvalue weighted by Crippen LogP contribution is 2.53. The van der Waals surface area contributed by atoms with E-state index >= 15 is 8.78 Å². The SMILES string of the molecule is CC1(C[C@@H]2N[C@@H](C(=O)OC[C@@H](O)CC(N)=O)[C@H](c3cccc(Cl)c3F)[C@@]2(C#N)c2ccc(Cl)cc2F)COC1. The molecule has 2 aromatic rings. The predicted molar refractivity (Wildman–Crippen MR) is 138 cm³/mol. The minimum absolute atomic E-state index is 0.0795. The van der Waals surface area contributed by atoms with Gasteiger partial charge in [-0.25, -0.2) is 8.78 Å². The lowest BCUT2D eigenvalue weighted by Gasteiger charge is -2.43. The minimum Gasteiger partial charge on any atom is -0.462 e. The number of nitrogens with one attached hydrogen (secondary N) is 1. The van der Waals surface area contributed by atoms with Gasteiger partial charge in [-0.3, -0.25) is 14.9 Å². The number of carbonyl (C=O) groups is 2. The topological polar surface area (TPSA) is 135 Å². The van der Waals surface area contributed by atoms with E-state index in [1.165, 1.54) is 30.3 Å². The Morgan fingerprint density at radius 1 is 1.31 bits per heavy atom. The highest BCUT2D eigenvalue weighted by atomic mass is 35.5. The second-order valence-corrected chi connectivity index (χ2v) is 11.2. The van der Waals surface area contributed by atoms with Crippen LogP contribution in [0, 0.1) is 28.4 Å². The van der Waals surface area contributed by atoms with Gasteiger partial charge in [0.2, 0.25) is 5.91 Å². The Labute approximate surface area is 234 Å². The Balaban J connectivity index is 1.87. The summed E-state index contributed by atoms with van der Waals surface area (Å²) in [6.45, 7) is 2.11.